The third-order valence-electron chi connectivity index (χ3n) is 5.64. The minimum atomic E-state index is -2.61. The summed E-state index contributed by atoms with van der Waals surface area (Å²) in [5.41, 5.74) is 2.26. The molecular formula is C22H23F2N3O2. The van der Waals surface area contributed by atoms with E-state index in [4.69, 9.17) is 4.52 Å². The predicted molar refractivity (Wildman–Crippen MR) is 105 cm³/mol. The largest absolute Gasteiger partial charge is 0.343 e. The Balaban J connectivity index is 1.41. The van der Waals surface area contributed by atoms with Crippen molar-refractivity contribution in [3.8, 4) is 0 Å². The van der Waals surface area contributed by atoms with Gasteiger partial charge in [0.2, 0.25) is 5.91 Å². The number of hydrogen-bond donors (Lipinski definition) is 0. The Hall–Kier alpha value is -2.83. The van der Waals surface area contributed by atoms with Gasteiger partial charge in [-0.05, 0) is 37.8 Å². The number of alkyl halides is 2. The van der Waals surface area contributed by atoms with Gasteiger partial charge in [-0.25, -0.2) is 13.8 Å². The van der Waals surface area contributed by atoms with Crippen molar-refractivity contribution in [2.24, 2.45) is 0 Å². The van der Waals surface area contributed by atoms with Crippen LogP contribution in [0.2, 0.25) is 0 Å². The summed E-state index contributed by atoms with van der Waals surface area (Å²) in [5, 5.41) is 4.09. The van der Waals surface area contributed by atoms with Gasteiger partial charge in [-0.2, -0.15) is 0 Å². The molecule has 1 aliphatic heterocycles. The Morgan fingerprint density at radius 2 is 1.97 bits per heavy atom. The van der Waals surface area contributed by atoms with E-state index in [2.05, 4.69) is 10.1 Å². The number of carbonyl (C=O) groups excluding carboxylic acids is 1. The maximum atomic E-state index is 13.5. The van der Waals surface area contributed by atoms with Crippen molar-refractivity contribution in [3.05, 3.63) is 58.9 Å². The fourth-order valence-electron chi connectivity index (χ4n) is 4.01. The summed E-state index contributed by atoms with van der Waals surface area (Å²) >= 11 is 0. The Kier molecular flexibility index (Phi) is 5.56. The Morgan fingerprint density at radius 3 is 2.66 bits per heavy atom. The van der Waals surface area contributed by atoms with Crippen LogP contribution in [0.3, 0.4) is 0 Å². The van der Waals surface area contributed by atoms with Crippen molar-refractivity contribution in [1.29, 1.82) is 0 Å². The second-order valence-corrected chi connectivity index (χ2v) is 7.53. The highest BCUT2D eigenvalue weighted by Gasteiger charge is 2.27. The molecule has 0 unspecified atom stereocenters. The van der Waals surface area contributed by atoms with Crippen LogP contribution in [0, 0.1) is 6.92 Å². The van der Waals surface area contributed by atoms with Crippen LogP contribution >= 0.6 is 0 Å². The minimum Gasteiger partial charge on any atom is -0.343 e. The molecule has 1 saturated heterocycles. The Morgan fingerprint density at radius 1 is 1.24 bits per heavy atom. The van der Waals surface area contributed by atoms with Gasteiger partial charge in [0.15, 0.2) is 0 Å². The van der Waals surface area contributed by atoms with E-state index in [9.17, 15) is 13.6 Å². The summed E-state index contributed by atoms with van der Waals surface area (Å²) in [5.74, 6) is 0.162. The van der Waals surface area contributed by atoms with Crippen LogP contribution < -0.4 is 0 Å². The van der Waals surface area contributed by atoms with Crippen LogP contribution in [0.5, 0.6) is 0 Å². The van der Waals surface area contributed by atoms with Crippen LogP contribution in [0.15, 0.2) is 40.9 Å². The quantitative estimate of drug-likeness (QED) is 0.618. The van der Waals surface area contributed by atoms with E-state index >= 15 is 0 Å². The fourth-order valence-corrected chi connectivity index (χ4v) is 4.01. The zero-order valence-electron chi connectivity index (χ0n) is 16.3. The number of benzene rings is 1. The molecule has 4 rings (SSSR count). The molecule has 0 spiro atoms. The first kappa shape index (κ1) is 19.5. The van der Waals surface area contributed by atoms with Crippen molar-refractivity contribution in [1.82, 2.24) is 15.0 Å². The molecule has 5 nitrogen and oxygen atoms in total. The molecule has 0 aliphatic carbocycles. The Bertz CT molecular complexity index is 996. The predicted octanol–water partition coefficient (Wildman–Crippen LogP) is 4.81. The number of aromatic nitrogens is 2. The smallest absolute Gasteiger partial charge is 0.264 e. The number of piperidine rings is 1. The molecule has 152 valence electrons. The van der Waals surface area contributed by atoms with Gasteiger partial charge in [0.1, 0.15) is 0 Å². The first-order chi connectivity index (χ1) is 14.0. The molecule has 1 amide bonds. The van der Waals surface area contributed by atoms with E-state index in [1.165, 1.54) is 6.07 Å². The maximum absolute atomic E-state index is 13.5. The third-order valence-corrected chi connectivity index (χ3v) is 5.64. The fraction of sp³-hybridized carbons (Fsp3) is 0.409. The van der Waals surface area contributed by atoms with E-state index in [1.807, 2.05) is 35.2 Å². The van der Waals surface area contributed by atoms with Crippen LogP contribution in [0.4, 0.5) is 8.78 Å². The summed E-state index contributed by atoms with van der Waals surface area (Å²) in [6.45, 7) is 2.85. The number of aryl methyl sites for hydroxylation is 2. The molecular weight excluding hydrogens is 376 g/mol. The molecule has 0 N–H and O–H groups in total. The van der Waals surface area contributed by atoms with Gasteiger partial charge in [0.25, 0.3) is 12.1 Å². The number of rotatable bonds is 5. The summed E-state index contributed by atoms with van der Waals surface area (Å²) in [4.78, 5) is 18.8. The number of pyridine rings is 1. The zero-order chi connectivity index (χ0) is 20.4. The number of amides is 1. The lowest BCUT2D eigenvalue weighted by molar-refractivity contribution is -0.132. The molecule has 1 fully saturated rings. The number of likely N-dealkylation sites (tertiary alicyclic amines) is 1. The van der Waals surface area contributed by atoms with Crippen molar-refractivity contribution >= 4 is 17.0 Å². The molecule has 7 heteroatoms. The average Bonchev–Trinajstić information content (AvgIpc) is 3.13. The molecule has 1 aromatic carbocycles. The number of hydrogen-bond acceptors (Lipinski definition) is 4. The van der Waals surface area contributed by atoms with Gasteiger partial charge >= 0.3 is 0 Å². The van der Waals surface area contributed by atoms with Gasteiger partial charge in [-0.1, -0.05) is 35.5 Å². The first-order valence-electron chi connectivity index (χ1n) is 9.89. The monoisotopic (exact) mass is 399 g/mol. The standard InChI is InChI=1S/C22H23F2N3O2/c1-14-20-17(21(23)24)13-18(25-22(20)29-26-14)16-9-11-27(12-10-16)19(28)8-7-15-5-3-2-4-6-15/h2-6,13,16,21H,7-12H2,1H3. The van der Waals surface area contributed by atoms with Crippen molar-refractivity contribution in [2.75, 3.05) is 13.1 Å². The molecule has 2 aromatic heterocycles. The number of halogens is 2. The van der Waals surface area contributed by atoms with Crippen LogP contribution in [-0.4, -0.2) is 34.0 Å². The zero-order valence-corrected chi connectivity index (χ0v) is 16.3. The van der Waals surface area contributed by atoms with Gasteiger partial charge < -0.3 is 9.42 Å². The van der Waals surface area contributed by atoms with Gasteiger partial charge in [-0.3, -0.25) is 4.79 Å². The van der Waals surface area contributed by atoms with Crippen LogP contribution in [-0.2, 0) is 11.2 Å². The van der Waals surface area contributed by atoms with E-state index in [0.29, 0.717) is 49.1 Å². The number of fused-ring (bicyclic) bond motifs is 1. The van der Waals surface area contributed by atoms with Crippen molar-refractivity contribution < 1.29 is 18.1 Å². The summed E-state index contributed by atoms with van der Waals surface area (Å²) in [7, 11) is 0. The van der Waals surface area contributed by atoms with Crippen LogP contribution in [0.25, 0.3) is 11.1 Å². The van der Waals surface area contributed by atoms with E-state index in [1.54, 1.807) is 6.92 Å². The maximum Gasteiger partial charge on any atom is 0.264 e. The van der Waals surface area contributed by atoms with Crippen molar-refractivity contribution in [2.45, 2.75) is 45.0 Å². The Labute approximate surface area is 167 Å². The summed E-state index contributed by atoms with van der Waals surface area (Å²) in [6.07, 6.45) is -0.0137. The van der Waals surface area contributed by atoms with Gasteiger partial charge in [0, 0.05) is 36.7 Å². The molecule has 0 atom stereocenters. The molecule has 3 heterocycles. The number of carbonyl (C=O) groups is 1. The summed E-state index contributed by atoms with van der Waals surface area (Å²) in [6, 6.07) is 11.4. The highest BCUT2D eigenvalue weighted by atomic mass is 19.3. The topological polar surface area (TPSA) is 59.2 Å². The van der Waals surface area contributed by atoms with E-state index in [-0.39, 0.29) is 23.1 Å². The van der Waals surface area contributed by atoms with E-state index < -0.39 is 6.43 Å². The lowest BCUT2D eigenvalue weighted by Crippen LogP contribution is -2.38. The normalized spacial score (nSPS) is 15.4. The highest BCUT2D eigenvalue weighted by molar-refractivity contribution is 5.80. The van der Waals surface area contributed by atoms with E-state index in [0.717, 1.165) is 12.0 Å². The SMILES string of the molecule is Cc1noc2nc(C3CCN(C(=O)CCc4ccccc4)CC3)cc(C(F)F)c12. The third kappa shape index (κ3) is 4.13. The molecule has 0 radical (unpaired) electrons. The second-order valence-electron chi connectivity index (χ2n) is 7.53. The van der Waals surface area contributed by atoms with Gasteiger partial charge in [0.05, 0.1) is 11.1 Å². The molecule has 1 aliphatic rings. The average molecular weight is 399 g/mol. The van der Waals surface area contributed by atoms with Crippen LogP contribution in [0.1, 0.15) is 54.1 Å². The minimum absolute atomic E-state index is 0.0282. The highest BCUT2D eigenvalue weighted by Crippen LogP contribution is 2.34. The lowest BCUT2D eigenvalue weighted by Gasteiger charge is -2.32. The molecule has 0 bridgehead atoms. The van der Waals surface area contributed by atoms with Crippen molar-refractivity contribution in [3.63, 3.8) is 0 Å². The lowest BCUT2D eigenvalue weighted by atomic mass is 9.91. The first-order valence-corrected chi connectivity index (χ1v) is 9.89. The molecule has 29 heavy (non-hydrogen) atoms. The molecule has 3 aromatic rings. The summed E-state index contributed by atoms with van der Waals surface area (Å²) < 4.78 is 32.2. The second kappa shape index (κ2) is 8.27. The molecule has 0 saturated carbocycles. The number of nitrogens with zero attached hydrogens (tertiary/aromatic N) is 3. The van der Waals surface area contributed by atoms with Gasteiger partial charge in [-0.15, -0.1) is 0 Å².